The summed E-state index contributed by atoms with van der Waals surface area (Å²) in [4.78, 5) is 35.8. The number of anilines is 1. The largest absolute Gasteiger partial charge is 0.465 e. The van der Waals surface area contributed by atoms with E-state index in [0.717, 1.165) is 5.75 Å². The van der Waals surface area contributed by atoms with E-state index in [-0.39, 0.29) is 29.1 Å². The van der Waals surface area contributed by atoms with Crippen LogP contribution in [-0.2, 0) is 20.0 Å². The maximum Gasteiger partial charge on any atom is 0.339 e. The van der Waals surface area contributed by atoms with E-state index in [1.807, 2.05) is 30.3 Å². The third kappa shape index (κ3) is 6.14. The highest BCUT2D eigenvalue weighted by Gasteiger charge is 2.17. The third-order valence-electron chi connectivity index (χ3n) is 3.71. The molecule has 0 spiro atoms. The number of thioether (sulfide) groups is 1. The molecular formula is C20H21NO5S. The van der Waals surface area contributed by atoms with Gasteiger partial charge in [0.15, 0.2) is 0 Å². The molecule has 0 aliphatic rings. The van der Waals surface area contributed by atoms with Crippen LogP contribution in [0.5, 0.6) is 0 Å². The van der Waals surface area contributed by atoms with Crippen LogP contribution in [0, 0.1) is 0 Å². The van der Waals surface area contributed by atoms with Crippen LogP contribution in [-0.4, -0.2) is 37.8 Å². The number of methoxy groups -OCH3 is 2. The minimum absolute atomic E-state index is 0.176. The second-order valence-corrected chi connectivity index (χ2v) is 6.69. The van der Waals surface area contributed by atoms with E-state index in [9.17, 15) is 14.4 Å². The summed E-state index contributed by atoms with van der Waals surface area (Å²) in [5.41, 5.74) is 1.83. The van der Waals surface area contributed by atoms with E-state index >= 15 is 0 Å². The van der Waals surface area contributed by atoms with Gasteiger partial charge in [0.1, 0.15) is 0 Å². The second kappa shape index (κ2) is 10.4. The van der Waals surface area contributed by atoms with Gasteiger partial charge in [-0.15, -0.1) is 0 Å². The van der Waals surface area contributed by atoms with Crippen molar-refractivity contribution in [3.8, 4) is 0 Å². The van der Waals surface area contributed by atoms with Gasteiger partial charge in [-0.1, -0.05) is 30.3 Å². The summed E-state index contributed by atoms with van der Waals surface area (Å²) in [6, 6.07) is 14.3. The molecule has 0 fully saturated rings. The van der Waals surface area contributed by atoms with E-state index in [4.69, 9.17) is 4.74 Å². The Labute approximate surface area is 162 Å². The monoisotopic (exact) mass is 387 g/mol. The fourth-order valence-corrected chi connectivity index (χ4v) is 3.22. The van der Waals surface area contributed by atoms with Gasteiger partial charge in [0.25, 0.3) is 0 Å². The summed E-state index contributed by atoms with van der Waals surface area (Å²) >= 11 is 1.65. The second-order valence-electron chi connectivity index (χ2n) is 5.58. The summed E-state index contributed by atoms with van der Waals surface area (Å²) in [5.74, 6) is 0.0490. The molecule has 1 amide bonds. The molecule has 0 saturated heterocycles. The normalized spacial score (nSPS) is 10.1. The zero-order valence-corrected chi connectivity index (χ0v) is 16.0. The van der Waals surface area contributed by atoms with Crippen LogP contribution in [0.3, 0.4) is 0 Å². The molecule has 0 bridgehead atoms. The Morgan fingerprint density at radius 2 is 1.67 bits per heavy atom. The highest BCUT2D eigenvalue weighted by molar-refractivity contribution is 7.98. The summed E-state index contributed by atoms with van der Waals surface area (Å²) in [6.45, 7) is 0. The van der Waals surface area contributed by atoms with Crippen LogP contribution in [0.2, 0.25) is 0 Å². The molecule has 6 nitrogen and oxygen atoms in total. The third-order valence-corrected chi connectivity index (χ3v) is 4.74. The molecule has 0 aromatic heterocycles. The van der Waals surface area contributed by atoms with E-state index in [0.29, 0.717) is 5.75 Å². The Bertz CT molecular complexity index is 807. The van der Waals surface area contributed by atoms with Crippen molar-refractivity contribution in [2.24, 2.45) is 0 Å². The molecule has 0 radical (unpaired) electrons. The van der Waals surface area contributed by atoms with Crippen molar-refractivity contribution in [1.82, 2.24) is 0 Å². The molecule has 2 aromatic rings. The zero-order valence-electron chi connectivity index (χ0n) is 15.2. The SMILES string of the molecule is COC(=O)c1ccc(C(=O)OC)c(NC(=O)CCSCc2ccccc2)c1. The number of carbonyl (C=O) groups is 3. The smallest absolute Gasteiger partial charge is 0.339 e. The quantitative estimate of drug-likeness (QED) is 0.551. The van der Waals surface area contributed by atoms with Gasteiger partial charge in [0.2, 0.25) is 5.91 Å². The number of rotatable bonds is 8. The van der Waals surface area contributed by atoms with Gasteiger partial charge in [0.05, 0.1) is 31.0 Å². The van der Waals surface area contributed by atoms with Crippen molar-refractivity contribution in [1.29, 1.82) is 0 Å². The van der Waals surface area contributed by atoms with Crippen molar-refractivity contribution < 1.29 is 23.9 Å². The molecule has 0 atom stereocenters. The lowest BCUT2D eigenvalue weighted by atomic mass is 10.1. The lowest BCUT2D eigenvalue weighted by molar-refractivity contribution is -0.115. The summed E-state index contributed by atoms with van der Waals surface area (Å²) in [7, 11) is 2.52. The number of hydrogen-bond acceptors (Lipinski definition) is 6. The molecule has 142 valence electrons. The van der Waals surface area contributed by atoms with Crippen molar-refractivity contribution in [3.63, 3.8) is 0 Å². The van der Waals surface area contributed by atoms with Crippen LogP contribution in [0.15, 0.2) is 48.5 Å². The zero-order chi connectivity index (χ0) is 19.6. The van der Waals surface area contributed by atoms with Crippen LogP contribution in [0.1, 0.15) is 32.7 Å². The number of amides is 1. The first-order valence-corrected chi connectivity index (χ1v) is 9.42. The standard InChI is InChI=1S/C20H21NO5S/c1-25-19(23)15-8-9-16(20(24)26-2)17(12-15)21-18(22)10-11-27-13-14-6-4-3-5-7-14/h3-9,12H,10-11,13H2,1-2H3,(H,21,22). The van der Waals surface area contributed by atoms with Crippen LogP contribution >= 0.6 is 11.8 Å². The van der Waals surface area contributed by atoms with Crippen molar-refractivity contribution in [2.45, 2.75) is 12.2 Å². The van der Waals surface area contributed by atoms with Gasteiger partial charge in [-0.25, -0.2) is 9.59 Å². The van der Waals surface area contributed by atoms with Gasteiger partial charge in [-0.05, 0) is 23.8 Å². The first-order chi connectivity index (χ1) is 13.0. The number of benzene rings is 2. The minimum atomic E-state index is -0.597. The Morgan fingerprint density at radius 3 is 2.33 bits per heavy atom. The maximum absolute atomic E-state index is 12.2. The van der Waals surface area contributed by atoms with Crippen molar-refractivity contribution in [3.05, 3.63) is 65.2 Å². The Balaban J connectivity index is 1.97. The summed E-state index contributed by atoms with van der Waals surface area (Å²) in [6.07, 6.45) is 0.278. The number of nitrogens with one attached hydrogen (secondary N) is 1. The molecule has 1 N–H and O–H groups in total. The van der Waals surface area contributed by atoms with Crippen LogP contribution in [0.25, 0.3) is 0 Å². The average Bonchev–Trinajstić information content (AvgIpc) is 2.70. The van der Waals surface area contributed by atoms with Crippen molar-refractivity contribution in [2.75, 3.05) is 25.3 Å². The van der Waals surface area contributed by atoms with Crippen LogP contribution in [0.4, 0.5) is 5.69 Å². The van der Waals surface area contributed by atoms with Crippen molar-refractivity contribution >= 4 is 35.3 Å². The number of esters is 2. The van der Waals surface area contributed by atoms with Gasteiger partial charge < -0.3 is 14.8 Å². The fourth-order valence-electron chi connectivity index (χ4n) is 2.32. The highest BCUT2D eigenvalue weighted by Crippen LogP contribution is 2.20. The topological polar surface area (TPSA) is 81.7 Å². The Hall–Kier alpha value is -2.80. The number of hydrogen-bond donors (Lipinski definition) is 1. The average molecular weight is 387 g/mol. The predicted octanol–water partition coefficient (Wildman–Crippen LogP) is 3.52. The molecule has 0 saturated carbocycles. The molecule has 0 aliphatic carbocycles. The number of carbonyl (C=O) groups excluding carboxylic acids is 3. The van der Waals surface area contributed by atoms with Gasteiger partial charge in [-0.2, -0.15) is 11.8 Å². The fraction of sp³-hybridized carbons (Fsp3) is 0.250. The first kappa shape index (κ1) is 20.5. The maximum atomic E-state index is 12.2. The molecule has 0 unspecified atom stereocenters. The lowest BCUT2D eigenvalue weighted by Gasteiger charge is -2.11. The van der Waals surface area contributed by atoms with E-state index in [2.05, 4.69) is 10.1 Å². The molecule has 0 heterocycles. The van der Waals surface area contributed by atoms with Gasteiger partial charge >= 0.3 is 11.9 Å². The molecule has 2 aromatic carbocycles. The van der Waals surface area contributed by atoms with E-state index < -0.39 is 11.9 Å². The van der Waals surface area contributed by atoms with E-state index in [1.165, 1.54) is 38.0 Å². The highest BCUT2D eigenvalue weighted by atomic mass is 32.2. The molecular weight excluding hydrogens is 366 g/mol. The predicted molar refractivity (Wildman–Crippen MR) is 105 cm³/mol. The van der Waals surface area contributed by atoms with Gasteiger partial charge in [-0.3, -0.25) is 4.79 Å². The summed E-state index contributed by atoms with van der Waals surface area (Å²) in [5, 5.41) is 2.68. The Morgan fingerprint density at radius 1 is 0.963 bits per heavy atom. The first-order valence-electron chi connectivity index (χ1n) is 8.27. The van der Waals surface area contributed by atoms with Crippen LogP contribution < -0.4 is 5.32 Å². The lowest BCUT2D eigenvalue weighted by Crippen LogP contribution is -2.16. The molecule has 27 heavy (non-hydrogen) atoms. The Kier molecular flexibility index (Phi) is 7.88. The van der Waals surface area contributed by atoms with E-state index in [1.54, 1.807) is 11.8 Å². The minimum Gasteiger partial charge on any atom is -0.465 e. The molecule has 2 rings (SSSR count). The van der Waals surface area contributed by atoms with Gasteiger partial charge in [0, 0.05) is 17.9 Å². The number of ether oxygens (including phenoxy) is 2. The molecule has 0 aliphatic heterocycles. The summed E-state index contributed by atoms with van der Waals surface area (Å²) < 4.78 is 9.40. The molecule has 7 heteroatoms.